The van der Waals surface area contributed by atoms with Gasteiger partial charge < -0.3 is 16.2 Å². The maximum Gasteiger partial charge on any atom is 0.331 e. The summed E-state index contributed by atoms with van der Waals surface area (Å²) in [5.41, 5.74) is 6.68. The molecule has 0 spiro atoms. The van der Waals surface area contributed by atoms with Crippen LogP contribution in [0.1, 0.15) is 23.2 Å². The molecule has 0 bridgehead atoms. The minimum atomic E-state index is -1.20. The molecule has 0 aliphatic carbocycles. The molecule has 1 amide bonds. The first-order valence-electron chi connectivity index (χ1n) is 6.14. The minimum absolute atomic E-state index is 0.372. The number of hydrogen-bond acceptors (Lipinski definition) is 5. The first-order chi connectivity index (χ1) is 9.88. The lowest BCUT2D eigenvalue weighted by Crippen LogP contribution is -2.39. The van der Waals surface area contributed by atoms with Gasteiger partial charge in [0, 0.05) is 37.6 Å². The highest BCUT2D eigenvalue weighted by Crippen LogP contribution is 2.15. The topological polar surface area (TPSA) is 128 Å². The second kappa shape index (κ2) is 5.75. The van der Waals surface area contributed by atoms with Gasteiger partial charge in [-0.3, -0.25) is 14.2 Å². The summed E-state index contributed by atoms with van der Waals surface area (Å²) in [7, 11) is 3.36. The number of aryl methyl sites for hydroxylation is 2. The van der Waals surface area contributed by atoms with E-state index in [1.54, 1.807) is 20.3 Å². The Hall–Kier alpha value is -2.68. The molecule has 21 heavy (non-hydrogen) atoms. The fourth-order valence-electron chi connectivity index (χ4n) is 1.86. The lowest BCUT2D eigenvalue weighted by Gasteiger charge is -2.16. The van der Waals surface area contributed by atoms with Gasteiger partial charge >= 0.3 is 5.97 Å². The van der Waals surface area contributed by atoms with E-state index >= 15 is 0 Å². The van der Waals surface area contributed by atoms with E-state index < -0.39 is 24.0 Å². The summed E-state index contributed by atoms with van der Waals surface area (Å²) >= 11 is 0. The van der Waals surface area contributed by atoms with Gasteiger partial charge in [-0.05, 0) is 0 Å². The van der Waals surface area contributed by atoms with Crippen LogP contribution in [-0.4, -0.2) is 36.5 Å². The molecule has 2 aromatic rings. The van der Waals surface area contributed by atoms with Gasteiger partial charge in [-0.2, -0.15) is 10.2 Å². The molecule has 0 saturated heterocycles. The highest BCUT2D eigenvalue weighted by molar-refractivity contribution is 5.88. The predicted octanol–water partition coefficient (Wildman–Crippen LogP) is -0.904. The highest BCUT2D eigenvalue weighted by atomic mass is 16.4. The van der Waals surface area contributed by atoms with Crippen molar-refractivity contribution in [3.63, 3.8) is 0 Å². The van der Waals surface area contributed by atoms with Crippen LogP contribution < -0.4 is 11.1 Å². The zero-order valence-corrected chi connectivity index (χ0v) is 11.6. The fraction of sp³-hybridized carbons (Fsp3) is 0.333. The highest BCUT2D eigenvalue weighted by Gasteiger charge is 2.27. The van der Waals surface area contributed by atoms with E-state index in [2.05, 4.69) is 15.5 Å². The lowest BCUT2D eigenvalue weighted by atomic mass is 10.1. The fourth-order valence-corrected chi connectivity index (χ4v) is 1.86. The molecule has 2 atom stereocenters. The van der Waals surface area contributed by atoms with Gasteiger partial charge in [0.2, 0.25) is 5.91 Å². The standard InChI is InChI=1S/C12H16N6O3/c1-17-5-7(3-14-17)9(13)11(19)16-10(12(20)21)8-4-15-18(2)6-8/h3-6,9-10H,13H2,1-2H3,(H,16,19)(H,20,21). The molecule has 9 heteroatoms. The van der Waals surface area contributed by atoms with Crippen molar-refractivity contribution >= 4 is 11.9 Å². The molecule has 9 nitrogen and oxygen atoms in total. The summed E-state index contributed by atoms with van der Waals surface area (Å²) in [4.78, 5) is 23.4. The maximum absolute atomic E-state index is 12.1. The van der Waals surface area contributed by atoms with Crippen molar-refractivity contribution < 1.29 is 14.7 Å². The predicted molar refractivity (Wildman–Crippen MR) is 71.9 cm³/mol. The van der Waals surface area contributed by atoms with E-state index in [1.165, 1.54) is 28.0 Å². The summed E-state index contributed by atoms with van der Waals surface area (Å²) in [5.74, 6) is -1.78. The molecule has 0 radical (unpaired) electrons. The summed E-state index contributed by atoms with van der Waals surface area (Å²) < 4.78 is 2.97. The van der Waals surface area contributed by atoms with Crippen LogP contribution in [0.4, 0.5) is 0 Å². The summed E-state index contributed by atoms with van der Waals surface area (Å²) in [6.07, 6.45) is 5.97. The summed E-state index contributed by atoms with van der Waals surface area (Å²) in [6.45, 7) is 0. The monoisotopic (exact) mass is 292 g/mol. The van der Waals surface area contributed by atoms with Gasteiger partial charge in [0.15, 0.2) is 6.04 Å². The molecule has 2 aromatic heterocycles. The molecule has 2 rings (SSSR count). The van der Waals surface area contributed by atoms with Gasteiger partial charge in [0.1, 0.15) is 6.04 Å². The maximum atomic E-state index is 12.1. The van der Waals surface area contributed by atoms with Crippen LogP contribution in [0.25, 0.3) is 0 Å². The number of carbonyl (C=O) groups excluding carboxylic acids is 1. The number of nitrogens with two attached hydrogens (primary N) is 1. The number of carboxylic acid groups (broad SMARTS) is 1. The Labute approximate surface area is 120 Å². The number of nitrogens with one attached hydrogen (secondary N) is 1. The number of aromatic nitrogens is 4. The van der Waals surface area contributed by atoms with E-state index in [0.717, 1.165) is 0 Å². The van der Waals surface area contributed by atoms with E-state index in [4.69, 9.17) is 5.73 Å². The molecule has 0 saturated carbocycles. The Morgan fingerprint density at radius 2 is 1.71 bits per heavy atom. The van der Waals surface area contributed by atoms with Crippen LogP contribution in [0, 0.1) is 0 Å². The van der Waals surface area contributed by atoms with E-state index in [-0.39, 0.29) is 0 Å². The number of rotatable bonds is 5. The zero-order chi connectivity index (χ0) is 15.6. The number of nitrogens with zero attached hydrogens (tertiary/aromatic N) is 4. The van der Waals surface area contributed by atoms with Gasteiger partial charge in [-0.1, -0.05) is 0 Å². The quantitative estimate of drug-likeness (QED) is 0.655. The van der Waals surface area contributed by atoms with Crippen LogP contribution in [0.2, 0.25) is 0 Å². The van der Waals surface area contributed by atoms with Crippen LogP contribution in [0.5, 0.6) is 0 Å². The van der Waals surface area contributed by atoms with Gasteiger partial charge in [-0.15, -0.1) is 0 Å². The first kappa shape index (κ1) is 14.7. The minimum Gasteiger partial charge on any atom is -0.479 e. The van der Waals surface area contributed by atoms with Crippen molar-refractivity contribution in [3.05, 3.63) is 35.9 Å². The Morgan fingerprint density at radius 1 is 1.19 bits per heavy atom. The van der Waals surface area contributed by atoms with Crippen molar-refractivity contribution in [2.24, 2.45) is 19.8 Å². The van der Waals surface area contributed by atoms with Crippen LogP contribution in [0.15, 0.2) is 24.8 Å². The molecule has 0 aliphatic rings. The summed E-state index contributed by atoms with van der Waals surface area (Å²) in [5, 5.41) is 19.4. The van der Waals surface area contributed by atoms with Crippen LogP contribution >= 0.6 is 0 Å². The van der Waals surface area contributed by atoms with E-state index in [0.29, 0.717) is 11.1 Å². The average Bonchev–Trinajstić information content (AvgIpc) is 3.03. The molecular weight excluding hydrogens is 276 g/mol. The van der Waals surface area contributed by atoms with Crippen molar-refractivity contribution in [3.8, 4) is 0 Å². The Balaban J connectivity index is 2.13. The van der Waals surface area contributed by atoms with E-state index in [9.17, 15) is 14.7 Å². The largest absolute Gasteiger partial charge is 0.479 e. The Bertz CT molecular complexity index is 662. The molecule has 112 valence electrons. The van der Waals surface area contributed by atoms with Gasteiger partial charge in [0.25, 0.3) is 0 Å². The summed E-state index contributed by atoms with van der Waals surface area (Å²) in [6, 6.07) is -2.19. The number of amides is 1. The molecular formula is C12H16N6O3. The molecule has 2 heterocycles. The normalized spacial score (nSPS) is 13.7. The van der Waals surface area contributed by atoms with Crippen molar-refractivity contribution in [2.45, 2.75) is 12.1 Å². The first-order valence-corrected chi connectivity index (χ1v) is 6.14. The smallest absolute Gasteiger partial charge is 0.331 e. The van der Waals surface area contributed by atoms with E-state index in [1.807, 2.05) is 0 Å². The number of hydrogen-bond donors (Lipinski definition) is 3. The number of carbonyl (C=O) groups is 2. The third kappa shape index (κ3) is 3.26. The number of aliphatic carboxylic acids is 1. The van der Waals surface area contributed by atoms with Crippen LogP contribution in [0.3, 0.4) is 0 Å². The SMILES string of the molecule is Cn1cc(C(N)C(=O)NC(C(=O)O)c2cnn(C)c2)cn1. The lowest BCUT2D eigenvalue weighted by molar-refractivity contribution is -0.142. The molecule has 0 fully saturated rings. The molecule has 4 N–H and O–H groups in total. The third-order valence-electron chi connectivity index (χ3n) is 2.96. The van der Waals surface area contributed by atoms with Crippen molar-refractivity contribution in [1.82, 2.24) is 24.9 Å². The second-order valence-corrected chi connectivity index (χ2v) is 4.65. The third-order valence-corrected chi connectivity index (χ3v) is 2.96. The van der Waals surface area contributed by atoms with Gasteiger partial charge in [-0.25, -0.2) is 4.79 Å². The molecule has 2 unspecified atom stereocenters. The Morgan fingerprint density at radius 3 is 2.14 bits per heavy atom. The number of carboxylic acids is 1. The Kier molecular flexibility index (Phi) is 4.03. The molecule has 0 aromatic carbocycles. The van der Waals surface area contributed by atoms with Crippen LogP contribution in [-0.2, 0) is 23.7 Å². The average molecular weight is 292 g/mol. The van der Waals surface area contributed by atoms with Crippen molar-refractivity contribution in [1.29, 1.82) is 0 Å². The van der Waals surface area contributed by atoms with Crippen molar-refractivity contribution in [2.75, 3.05) is 0 Å². The molecule has 0 aliphatic heterocycles. The second-order valence-electron chi connectivity index (χ2n) is 4.65. The zero-order valence-electron chi connectivity index (χ0n) is 11.6. The van der Waals surface area contributed by atoms with Gasteiger partial charge in [0.05, 0.1) is 12.4 Å².